The number of carbonyl (C=O) groups is 1. The summed E-state index contributed by atoms with van der Waals surface area (Å²) >= 11 is 12.0. The summed E-state index contributed by atoms with van der Waals surface area (Å²) in [6, 6.07) is 14.7. The number of hydrogen-bond donors (Lipinski definition) is 1. The Labute approximate surface area is 187 Å². The smallest absolute Gasteiger partial charge is 0.244 e. The van der Waals surface area contributed by atoms with Gasteiger partial charge in [0.15, 0.2) is 0 Å². The summed E-state index contributed by atoms with van der Waals surface area (Å²) in [5, 5.41) is 3.58. The Balaban J connectivity index is 1.34. The minimum Gasteiger partial charge on any atom is -0.355 e. The second kappa shape index (κ2) is 8.50. The molecule has 1 aliphatic carbocycles. The van der Waals surface area contributed by atoms with Gasteiger partial charge in [-0.25, -0.2) is 8.42 Å². The summed E-state index contributed by atoms with van der Waals surface area (Å²) in [6.07, 6.45) is 3.13. The predicted octanol–water partition coefficient (Wildman–Crippen LogP) is 4.24. The standard InChI is InChI=1S/C22H24Cl2N2O3S/c23-18-6-7-19(24)20(14-18)30(28,29)26-12-8-16(9-13-26)21(27)25-15-22(10-11-22)17-4-2-1-3-5-17/h1-7,14,16H,8-13,15H2,(H,25,27). The average Bonchev–Trinajstić information content (AvgIpc) is 3.55. The molecule has 0 radical (unpaired) electrons. The molecule has 5 nitrogen and oxygen atoms in total. The molecule has 2 aromatic carbocycles. The van der Waals surface area contributed by atoms with Crippen molar-refractivity contribution in [3.8, 4) is 0 Å². The first-order chi connectivity index (χ1) is 14.3. The molecule has 0 aromatic heterocycles. The Hall–Kier alpha value is -1.60. The number of sulfonamides is 1. The number of piperidine rings is 1. The lowest BCUT2D eigenvalue weighted by Gasteiger charge is -2.31. The number of halogens is 2. The summed E-state index contributed by atoms with van der Waals surface area (Å²) in [5.74, 6) is -0.173. The number of nitrogens with zero attached hydrogens (tertiary/aromatic N) is 1. The largest absolute Gasteiger partial charge is 0.355 e. The third-order valence-electron chi connectivity index (χ3n) is 6.18. The summed E-state index contributed by atoms with van der Waals surface area (Å²) in [6.45, 7) is 1.20. The van der Waals surface area contributed by atoms with E-state index in [2.05, 4.69) is 17.4 Å². The molecule has 1 aliphatic heterocycles. The third kappa shape index (κ3) is 4.37. The average molecular weight is 467 g/mol. The van der Waals surface area contributed by atoms with Crippen LogP contribution in [0, 0.1) is 5.92 Å². The molecular formula is C22H24Cl2N2O3S. The lowest BCUT2D eigenvalue weighted by atomic mass is 9.94. The molecule has 1 saturated carbocycles. The Morgan fingerprint density at radius 2 is 1.73 bits per heavy atom. The number of benzene rings is 2. The Morgan fingerprint density at radius 3 is 2.37 bits per heavy atom. The highest BCUT2D eigenvalue weighted by Gasteiger charge is 2.44. The van der Waals surface area contributed by atoms with Crippen molar-refractivity contribution in [3.05, 3.63) is 64.1 Å². The number of amides is 1. The second-order valence-electron chi connectivity index (χ2n) is 8.12. The van der Waals surface area contributed by atoms with Crippen molar-refractivity contribution in [3.63, 3.8) is 0 Å². The van der Waals surface area contributed by atoms with Crippen LogP contribution in [0.15, 0.2) is 53.4 Å². The van der Waals surface area contributed by atoms with Crippen LogP contribution in [0.2, 0.25) is 10.0 Å². The zero-order valence-corrected chi connectivity index (χ0v) is 18.8. The maximum atomic E-state index is 12.9. The van der Waals surface area contributed by atoms with E-state index in [4.69, 9.17) is 23.2 Å². The highest BCUT2D eigenvalue weighted by Crippen LogP contribution is 2.47. The molecule has 8 heteroatoms. The van der Waals surface area contributed by atoms with E-state index in [1.54, 1.807) is 6.07 Å². The normalized spacial score (nSPS) is 19.4. The Morgan fingerprint density at radius 1 is 1.07 bits per heavy atom. The van der Waals surface area contributed by atoms with Gasteiger partial charge in [0.25, 0.3) is 0 Å². The van der Waals surface area contributed by atoms with Crippen molar-refractivity contribution in [2.45, 2.75) is 36.0 Å². The van der Waals surface area contributed by atoms with Gasteiger partial charge in [0.1, 0.15) is 4.90 Å². The molecule has 1 saturated heterocycles. The van der Waals surface area contributed by atoms with Crippen LogP contribution >= 0.6 is 23.2 Å². The number of carbonyl (C=O) groups excluding carboxylic acids is 1. The molecule has 30 heavy (non-hydrogen) atoms. The van der Waals surface area contributed by atoms with Gasteiger partial charge in [0, 0.05) is 36.0 Å². The van der Waals surface area contributed by atoms with Crippen molar-refractivity contribution >= 4 is 39.1 Å². The highest BCUT2D eigenvalue weighted by atomic mass is 35.5. The van der Waals surface area contributed by atoms with Crippen LogP contribution in [0.1, 0.15) is 31.2 Å². The lowest BCUT2D eigenvalue weighted by molar-refractivity contribution is -0.126. The van der Waals surface area contributed by atoms with Crippen molar-refractivity contribution in [1.82, 2.24) is 9.62 Å². The summed E-state index contributed by atoms with van der Waals surface area (Å²) in [4.78, 5) is 12.7. The van der Waals surface area contributed by atoms with Crippen molar-refractivity contribution in [2.24, 2.45) is 5.92 Å². The van der Waals surface area contributed by atoms with Gasteiger partial charge in [-0.15, -0.1) is 0 Å². The fourth-order valence-corrected chi connectivity index (χ4v) is 6.29. The van der Waals surface area contributed by atoms with E-state index in [1.165, 1.54) is 22.0 Å². The quantitative estimate of drug-likeness (QED) is 0.691. The van der Waals surface area contributed by atoms with Crippen LogP contribution < -0.4 is 5.32 Å². The van der Waals surface area contributed by atoms with E-state index in [9.17, 15) is 13.2 Å². The van der Waals surface area contributed by atoms with Gasteiger partial charge < -0.3 is 5.32 Å². The molecular weight excluding hydrogens is 443 g/mol. The number of nitrogens with one attached hydrogen (secondary N) is 1. The van der Waals surface area contributed by atoms with Crippen molar-refractivity contribution in [1.29, 1.82) is 0 Å². The molecule has 1 amide bonds. The predicted molar refractivity (Wildman–Crippen MR) is 118 cm³/mol. The third-order valence-corrected chi connectivity index (χ3v) is 8.79. The first-order valence-corrected chi connectivity index (χ1v) is 12.3. The molecule has 0 atom stereocenters. The maximum absolute atomic E-state index is 12.9. The Bertz CT molecular complexity index is 1030. The maximum Gasteiger partial charge on any atom is 0.244 e. The van der Waals surface area contributed by atoms with Gasteiger partial charge in [0.05, 0.1) is 5.02 Å². The second-order valence-corrected chi connectivity index (χ2v) is 10.9. The van der Waals surface area contributed by atoms with E-state index >= 15 is 0 Å². The first-order valence-electron chi connectivity index (χ1n) is 10.1. The van der Waals surface area contributed by atoms with Gasteiger partial charge in [0.2, 0.25) is 15.9 Å². The fourth-order valence-electron chi connectivity index (χ4n) is 4.08. The van der Waals surface area contributed by atoms with Crippen LogP contribution in [0.5, 0.6) is 0 Å². The van der Waals surface area contributed by atoms with E-state index in [1.807, 2.05) is 18.2 Å². The number of hydrogen-bond acceptors (Lipinski definition) is 3. The number of rotatable bonds is 6. The highest BCUT2D eigenvalue weighted by molar-refractivity contribution is 7.89. The molecule has 1 heterocycles. The van der Waals surface area contributed by atoms with Gasteiger partial charge in [-0.3, -0.25) is 4.79 Å². The summed E-state index contributed by atoms with van der Waals surface area (Å²) < 4.78 is 27.3. The molecule has 1 N–H and O–H groups in total. The topological polar surface area (TPSA) is 66.5 Å². The molecule has 160 valence electrons. The summed E-state index contributed by atoms with van der Waals surface area (Å²) in [5.41, 5.74) is 1.33. The molecule has 0 bridgehead atoms. The van der Waals surface area contributed by atoms with E-state index < -0.39 is 10.0 Å². The molecule has 4 rings (SSSR count). The summed E-state index contributed by atoms with van der Waals surface area (Å²) in [7, 11) is -3.74. The zero-order valence-electron chi connectivity index (χ0n) is 16.5. The molecule has 2 fully saturated rings. The monoisotopic (exact) mass is 466 g/mol. The van der Waals surface area contributed by atoms with Gasteiger partial charge in [-0.05, 0) is 49.4 Å². The van der Waals surface area contributed by atoms with Crippen LogP contribution in [0.25, 0.3) is 0 Å². The lowest BCUT2D eigenvalue weighted by Crippen LogP contribution is -2.44. The zero-order chi connectivity index (χ0) is 21.4. The molecule has 0 unspecified atom stereocenters. The van der Waals surface area contributed by atoms with Crippen molar-refractivity contribution in [2.75, 3.05) is 19.6 Å². The van der Waals surface area contributed by atoms with Gasteiger partial charge in [-0.2, -0.15) is 4.31 Å². The SMILES string of the molecule is O=C(NCC1(c2ccccc2)CC1)C1CCN(S(=O)(=O)c2cc(Cl)ccc2Cl)CC1. The first kappa shape index (κ1) is 21.6. The fraction of sp³-hybridized carbons (Fsp3) is 0.409. The van der Waals surface area contributed by atoms with Crippen LogP contribution in [0.4, 0.5) is 0 Å². The van der Waals surface area contributed by atoms with Crippen molar-refractivity contribution < 1.29 is 13.2 Å². The van der Waals surface area contributed by atoms with Gasteiger partial charge in [-0.1, -0.05) is 53.5 Å². The molecule has 2 aliphatic rings. The van der Waals surface area contributed by atoms with E-state index in [0.717, 1.165) is 12.8 Å². The van der Waals surface area contributed by atoms with E-state index in [0.29, 0.717) is 24.4 Å². The van der Waals surface area contributed by atoms with Crippen LogP contribution in [0.3, 0.4) is 0 Å². The minimum atomic E-state index is -3.74. The van der Waals surface area contributed by atoms with Gasteiger partial charge >= 0.3 is 0 Å². The van der Waals surface area contributed by atoms with E-state index in [-0.39, 0.29) is 40.2 Å². The Kier molecular flexibility index (Phi) is 6.13. The van der Waals surface area contributed by atoms with Crippen LogP contribution in [-0.2, 0) is 20.2 Å². The minimum absolute atomic E-state index is 0.00930. The molecule has 2 aromatic rings. The molecule has 0 spiro atoms. The van der Waals surface area contributed by atoms with Crippen LogP contribution in [-0.4, -0.2) is 38.3 Å².